The number of aryl methyl sites for hydroxylation is 2. The molecule has 0 aromatic carbocycles. The fourth-order valence-electron chi connectivity index (χ4n) is 2.17. The fourth-order valence-corrected chi connectivity index (χ4v) is 2.38. The Morgan fingerprint density at radius 2 is 2.11 bits per heavy atom. The predicted molar refractivity (Wildman–Crippen MR) is 74.8 cm³/mol. The van der Waals surface area contributed by atoms with Gasteiger partial charge in [0.05, 0.1) is 11.8 Å². The van der Waals surface area contributed by atoms with E-state index in [1.165, 1.54) is 0 Å². The van der Waals surface area contributed by atoms with E-state index in [0.29, 0.717) is 11.1 Å². The second-order valence-corrected chi connectivity index (χ2v) is 5.37. The van der Waals surface area contributed by atoms with Crippen LogP contribution in [0.1, 0.15) is 38.4 Å². The average Bonchev–Trinajstić information content (AvgIpc) is 2.55. The molecule has 104 valence electrons. The number of aliphatic hydroxyl groups is 1. The largest absolute Gasteiger partial charge is 0.393 e. The van der Waals surface area contributed by atoms with E-state index >= 15 is 0 Å². The van der Waals surface area contributed by atoms with E-state index in [1.54, 1.807) is 4.68 Å². The molecule has 0 saturated carbocycles. The summed E-state index contributed by atoms with van der Waals surface area (Å²) < 4.78 is 1.72. The Morgan fingerprint density at radius 3 is 2.67 bits per heavy atom. The van der Waals surface area contributed by atoms with Crippen LogP contribution in [0.5, 0.6) is 0 Å². The van der Waals surface area contributed by atoms with E-state index < -0.39 is 0 Å². The lowest BCUT2D eigenvalue weighted by molar-refractivity contribution is 0.163. The van der Waals surface area contributed by atoms with Gasteiger partial charge in [-0.3, -0.25) is 4.68 Å². The number of nitrogens with one attached hydrogen (secondary N) is 1. The number of rotatable bonds is 7. The highest BCUT2D eigenvalue weighted by Crippen LogP contribution is 2.19. The standard InChI is InChI=1S/C13H24ClN3O/c1-5-12-11(13(14)17(4)16-12)8-15-7-9(2)6-10(3)18/h9-10,15,18H,5-8H2,1-4H3. The number of halogens is 1. The van der Waals surface area contributed by atoms with Gasteiger partial charge in [0.15, 0.2) is 0 Å². The molecule has 2 atom stereocenters. The van der Waals surface area contributed by atoms with Crippen LogP contribution in [0.15, 0.2) is 0 Å². The number of aliphatic hydroxyl groups excluding tert-OH is 1. The highest BCUT2D eigenvalue weighted by Gasteiger charge is 2.13. The molecule has 0 aliphatic heterocycles. The summed E-state index contributed by atoms with van der Waals surface area (Å²) >= 11 is 6.21. The molecule has 2 unspecified atom stereocenters. The minimum absolute atomic E-state index is 0.241. The van der Waals surface area contributed by atoms with Gasteiger partial charge in [0.25, 0.3) is 0 Å². The molecule has 2 N–H and O–H groups in total. The highest BCUT2D eigenvalue weighted by atomic mass is 35.5. The quantitative estimate of drug-likeness (QED) is 0.800. The molecule has 0 amide bonds. The molecule has 1 aromatic heterocycles. The first-order valence-electron chi connectivity index (χ1n) is 6.54. The maximum Gasteiger partial charge on any atom is 0.131 e. The summed E-state index contributed by atoms with van der Waals surface area (Å²) in [5.74, 6) is 0.450. The molecule has 0 saturated heterocycles. The van der Waals surface area contributed by atoms with Crippen molar-refractivity contribution >= 4 is 11.6 Å². The highest BCUT2D eigenvalue weighted by molar-refractivity contribution is 6.30. The average molecular weight is 274 g/mol. The van der Waals surface area contributed by atoms with Gasteiger partial charge in [-0.15, -0.1) is 0 Å². The van der Waals surface area contributed by atoms with Crippen LogP contribution in [0.2, 0.25) is 5.15 Å². The third-order valence-corrected chi connectivity index (χ3v) is 3.50. The molecular formula is C13H24ClN3O. The van der Waals surface area contributed by atoms with Crippen molar-refractivity contribution < 1.29 is 5.11 Å². The summed E-state index contributed by atoms with van der Waals surface area (Å²) in [7, 11) is 1.86. The van der Waals surface area contributed by atoms with Crippen LogP contribution in [0.4, 0.5) is 0 Å². The molecule has 5 heteroatoms. The number of aromatic nitrogens is 2. The minimum atomic E-state index is -0.241. The Morgan fingerprint density at radius 1 is 1.44 bits per heavy atom. The van der Waals surface area contributed by atoms with Crippen LogP contribution in [-0.4, -0.2) is 27.5 Å². The molecule has 0 spiro atoms. The first kappa shape index (κ1) is 15.5. The first-order chi connectivity index (χ1) is 8.45. The summed E-state index contributed by atoms with van der Waals surface area (Å²) in [5, 5.41) is 17.8. The lowest BCUT2D eigenvalue weighted by Gasteiger charge is -2.14. The summed E-state index contributed by atoms with van der Waals surface area (Å²) in [4.78, 5) is 0. The van der Waals surface area contributed by atoms with Crippen molar-refractivity contribution in [1.29, 1.82) is 0 Å². The maximum absolute atomic E-state index is 9.31. The predicted octanol–water partition coefficient (Wildman–Crippen LogP) is 2.13. The summed E-state index contributed by atoms with van der Waals surface area (Å²) in [6, 6.07) is 0. The zero-order valence-electron chi connectivity index (χ0n) is 11.7. The zero-order valence-corrected chi connectivity index (χ0v) is 12.5. The van der Waals surface area contributed by atoms with Gasteiger partial charge in [0, 0.05) is 19.2 Å². The van der Waals surface area contributed by atoms with E-state index in [1.807, 2.05) is 14.0 Å². The normalized spacial score (nSPS) is 14.8. The summed E-state index contributed by atoms with van der Waals surface area (Å²) in [6.07, 6.45) is 1.46. The fraction of sp³-hybridized carbons (Fsp3) is 0.769. The molecule has 18 heavy (non-hydrogen) atoms. The van der Waals surface area contributed by atoms with Crippen LogP contribution in [0.3, 0.4) is 0 Å². The van der Waals surface area contributed by atoms with Crippen molar-refractivity contribution in [2.24, 2.45) is 13.0 Å². The maximum atomic E-state index is 9.31. The molecular weight excluding hydrogens is 250 g/mol. The summed E-state index contributed by atoms with van der Waals surface area (Å²) in [6.45, 7) is 7.65. The van der Waals surface area contributed by atoms with Gasteiger partial charge in [0.2, 0.25) is 0 Å². The van der Waals surface area contributed by atoms with Crippen LogP contribution in [0.25, 0.3) is 0 Å². The molecule has 0 aliphatic carbocycles. The topological polar surface area (TPSA) is 50.1 Å². The van der Waals surface area contributed by atoms with E-state index in [9.17, 15) is 5.11 Å². The van der Waals surface area contributed by atoms with Gasteiger partial charge in [-0.25, -0.2) is 0 Å². The Kier molecular flexibility index (Phi) is 6.12. The molecule has 0 fully saturated rings. The van der Waals surface area contributed by atoms with Gasteiger partial charge >= 0.3 is 0 Å². The molecule has 1 rings (SSSR count). The van der Waals surface area contributed by atoms with Gasteiger partial charge in [-0.1, -0.05) is 25.4 Å². The van der Waals surface area contributed by atoms with Gasteiger partial charge in [0.1, 0.15) is 5.15 Å². The van der Waals surface area contributed by atoms with Crippen LogP contribution >= 0.6 is 11.6 Å². The van der Waals surface area contributed by atoms with Crippen molar-refractivity contribution in [3.63, 3.8) is 0 Å². The van der Waals surface area contributed by atoms with Crippen LogP contribution in [-0.2, 0) is 20.0 Å². The Balaban J connectivity index is 2.48. The number of nitrogens with zero attached hydrogens (tertiary/aromatic N) is 2. The lowest BCUT2D eigenvalue weighted by Crippen LogP contribution is -2.23. The van der Waals surface area contributed by atoms with Gasteiger partial charge in [-0.05, 0) is 32.2 Å². The molecule has 4 nitrogen and oxygen atoms in total. The van der Waals surface area contributed by atoms with Crippen molar-refractivity contribution in [3.05, 3.63) is 16.4 Å². The Labute approximate surface area is 114 Å². The van der Waals surface area contributed by atoms with E-state index in [2.05, 4.69) is 24.3 Å². The molecule has 0 bridgehead atoms. The van der Waals surface area contributed by atoms with Crippen LogP contribution in [0, 0.1) is 5.92 Å². The van der Waals surface area contributed by atoms with Crippen LogP contribution < -0.4 is 5.32 Å². The molecule has 0 aliphatic rings. The number of hydrogen-bond donors (Lipinski definition) is 2. The number of hydrogen-bond acceptors (Lipinski definition) is 3. The van der Waals surface area contributed by atoms with E-state index in [0.717, 1.165) is 37.2 Å². The third kappa shape index (κ3) is 4.26. The SMILES string of the molecule is CCc1nn(C)c(Cl)c1CNCC(C)CC(C)O. The van der Waals surface area contributed by atoms with Crippen molar-refractivity contribution in [2.45, 2.75) is 46.3 Å². The minimum Gasteiger partial charge on any atom is -0.393 e. The van der Waals surface area contributed by atoms with Gasteiger partial charge < -0.3 is 10.4 Å². The third-order valence-electron chi connectivity index (χ3n) is 3.03. The summed E-state index contributed by atoms with van der Waals surface area (Å²) in [5.41, 5.74) is 2.14. The van der Waals surface area contributed by atoms with Crippen molar-refractivity contribution in [3.8, 4) is 0 Å². The van der Waals surface area contributed by atoms with E-state index in [-0.39, 0.29) is 6.10 Å². The lowest BCUT2D eigenvalue weighted by atomic mass is 10.0. The van der Waals surface area contributed by atoms with Gasteiger partial charge in [-0.2, -0.15) is 5.10 Å². The van der Waals surface area contributed by atoms with Crippen molar-refractivity contribution in [1.82, 2.24) is 15.1 Å². The molecule has 1 heterocycles. The van der Waals surface area contributed by atoms with Crippen molar-refractivity contribution in [2.75, 3.05) is 6.54 Å². The monoisotopic (exact) mass is 273 g/mol. The first-order valence-corrected chi connectivity index (χ1v) is 6.92. The smallest absolute Gasteiger partial charge is 0.131 e. The second kappa shape index (κ2) is 7.12. The second-order valence-electron chi connectivity index (χ2n) is 5.01. The Hall–Kier alpha value is -0.580. The Bertz CT molecular complexity index is 377. The van der Waals surface area contributed by atoms with E-state index in [4.69, 9.17) is 11.6 Å². The molecule has 1 aromatic rings. The molecule has 0 radical (unpaired) electrons. The zero-order chi connectivity index (χ0) is 13.7.